The van der Waals surface area contributed by atoms with Crippen LogP contribution in [0.3, 0.4) is 0 Å². The van der Waals surface area contributed by atoms with Crippen LogP contribution in [0, 0.1) is 10.1 Å². The van der Waals surface area contributed by atoms with Gasteiger partial charge in [0.25, 0.3) is 11.6 Å². The summed E-state index contributed by atoms with van der Waals surface area (Å²) in [4.78, 5) is 40.0. The second kappa shape index (κ2) is 8.57. The molecule has 148 valence electrons. The second-order valence-electron chi connectivity index (χ2n) is 5.89. The number of carbonyl (C=O) groups is 2. The van der Waals surface area contributed by atoms with Gasteiger partial charge in [0.2, 0.25) is 0 Å². The molecule has 0 spiro atoms. The van der Waals surface area contributed by atoms with E-state index in [1.165, 1.54) is 17.8 Å². The topological polar surface area (TPSA) is 116 Å². The predicted molar refractivity (Wildman–Crippen MR) is 106 cm³/mol. The first-order valence-corrected chi connectivity index (χ1v) is 9.14. The van der Waals surface area contributed by atoms with E-state index in [9.17, 15) is 19.7 Å². The van der Waals surface area contributed by atoms with Crippen LogP contribution in [-0.2, 0) is 11.8 Å². The summed E-state index contributed by atoms with van der Waals surface area (Å²) in [6, 6.07) is 10.5. The van der Waals surface area contributed by atoms with E-state index in [0.29, 0.717) is 5.69 Å². The number of non-ortho nitro benzene ring substituents is 1. The smallest absolute Gasteiger partial charge is 0.338 e. The van der Waals surface area contributed by atoms with E-state index in [0.717, 1.165) is 29.3 Å². The number of nitrogens with one attached hydrogen (secondary N) is 1. The lowest BCUT2D eigenvalue weighted by atomic mass is 10.1. The number of benzene rings is 2. The molecule has 9 nitrogen and oxygen atoms in total. The molecule has 0 saturated heterocycles. The quantitative estimate of drug-likeness (QED) is 0.374. The highest BCUT2D eigenvalue weighted by Crippen LogP contribution is 2.32. The summed E-state index contributed by atoms with van der Waals surface area (Å²) in [5, 5.41) is 14.6. The van der Waals surface area contributed by atoms with E-state index in [4.69, 9.17) is 0 Å². The van der Waals surface area contributed by atoms with Gasteiger partial charge in [-0.25, -0.2) is 9.78 Å². The fourth-order valence-electron chi connectivity index (χ4n) is 2.49. The Morgan fingerprint density at radius 3 is 2.59 bits per heavy atom. The molecule has 0 aliphatic carbocycles. The molecule has 0 unspecified atom stereocenters. The number of carbonyl (C=O) groups excluding carboxylic acids is 2. The molecule has 0 atom stereocenters. The highest BCUT2D eigenvalue weighted by Gasteiger charge is 2.19. The standard InChI is InChI=1S/C19H16N4O5S/c1-22-8-7-20-19(22)29-16-6-4-3-5-15(16)21-17(24)12-9-13(18(25)28-2)11-14(10-12)23(26)27/h3-11H,1-2H3,(H,21,24). The van der Waals surface area contributed by atoms with Crippen LogP contribution < -0.4 is 5.32 Å². The molecule has 2 aromatic carbocycles. The maximum Gasteiger partial charge on any atom is 0.338 e. The van der Waals surface area contributed by atoms with Gasteiger partial charge in [0.15, 0.2) is 5.16 Å². The van der Waals surface area contributed by atoms with Crippen molar-refractivity contribution in [3.63, 3.8) is 0 Å². The Morgan fingerprint density at radius 2 is 1.93 bits per heavy atom. The Morgan fingerprint density at radius 1 is 1.21 bits per heavy atom. The number of hydrogen-bond donors (Lipinski definition) is 1. The van der Waals surface area contributed by atoms with Crippen molar-refractivity contribution >= 4 is 35.0 Å². The number of imidazole rings is 1. The minimum absolute atomic E-state index is 0.0311. The molecule has 0 bridgehead atoms. The van der Waals surface area contributed by atoms with Crippen LogP contribution in [0.25, 0.3) is 0 Å². The van der Waals surface area contributed by atoms with E-state index in [1.807, 2.05) is 23.7 Å². The molecule has 29 heavy (non-hydrogen) atoms. The van der Waals surface area contributed by atoms with Crippen LogP contribution in [0.2, 0.25) is 0 Å². The molecular weight excluding hydrogens is 396 g/mol. The third-order valence-electron chi connectivity index (χ3n) is 3.93. The molecule has 0 aliphatic heterocycles. The maximum atomic E-state index is 12.8. The first-order valence-electron chi connectivity index (χ1n) is 8.32. The number of amides is 1. The Labute approximate surface area is 169 Å². The first kappa shape index (κ1) is 20.1. The van der Waals surface area contributed by atoms with Gasteiger partial charge in [-0.15, -0.1) is 0 Å². The third kappa shape index (κ3) is 4.61. The molecular formula is C19H16N4O5S. The number of nitrogens with zero attached hydrogens (tertiary/aromatic N) is 3. The Bertz CT molecular complexity index is 1100. The highest BCUT2D eigenvalue weighted by molar-refractivity contribution is 7.99. The number of anilines is 1. The lowest BCUT2D eigenvalue weighted by Crippen LogP contribution is -2.14. The minimum Gasteiger partial charge on any atom is -0.465 e. The summed E-state index contributed by atoms with van der Waals surface area (Å²) in [6.45, 7) is 0. The third-order valence-corrected chi connectivity index (χ3v) is 5.08. The largest absolute Gasteiger partial charge is 0.465 e. The highest BCUT2D eigenvalue weighted by atomic mass is 32.2. The van der Waals surface area contributed by atoms with Crippen molar-refractivity contribution in [3.05, 3.63) is 76.1 Å². The van der Waals surface area contributed by atoms with Crippen molar-refractivity contribution < 1.29 is 19.2 Å². The maximum absolute atomic E-state index is 12.8. The lowest BCUT2D eigenvalue weighted by Gasteiger charge is -2.11. The molecule has 1 aromatic heterocycles. The van der Waals surface area contributed by atoms with E-state index in [1.54, 1.807) is 24.5 Å². The van der Waals surface area contributed by atoms with Gasteiger partial charge in [0, 0.05) is 42.0 Å². The van der Waals surface area contributed by atoms with Crippen molar-refractivity contribution in [1.29, 1.82) is 0 Å². The van der Waals surface area contributed by atoms with Gasteiger partial charge in [-0.05, 0) is 30.0 Å². The summed E-state index contributed by atoms with van der Waals surface area (Å²) < 4.78 is 6.45. The minimum atomic E-state index is -0.770. The summed E-state index contributed by atoms with van der Waals surface area (Å²) in [5.74, 6) is -1.36. The van der Waals surface area contributed by atoms with Gasteiger partial charge in [0.1, 0.15) is 0 Å². The molecule has 1 heterocycles. The predicted octanol–water partition coefficient (Wildman–Crippen LogP) is 3.52. The summed E-state index contributed by atoms with van der Waals surface area (Å²) in [6.07, 6.45) is 3.47. The molecule has 3 aromatic rings. The second-order valence-corrected chi connectivity index (χ2v) is 6.90. The number of rotatable bonds is 6. The molecule has 0 saturated carbocycles. The molecule has 1 amide bonds. The van der Waals surface area contributed by atoms with Crippen molar-refractivity contribution in [1.82, 2.24) is 9.55 Å². The van der Waals surface area contributed by atoms with Crippen LogP contribution in [0.5, 0.6) is 0 Å². The van der Waals surface area contributed by atoms with Crippen LogP contribution in [0.4, 0.5) is 11.4 Å². The van der Waals surface area contributed by atoms with Gasteiger partial charge in [-0.3, -0.25) is 14.9 Å². The molecule has 10 heteroatoms. The van der Waals surface area contributed by atoms with Crippen molar-refractivity contribution in [2.75, 3.05) is 12.4 Å². The van der Waals surface area contributed by atoms with Gasteiger partial charge in [-0.2, -0.15) is 0 Å². The monoisotopic (exact) mass is 412 g/mol. The molecule has 0 fully saturated rings. The van der Waals surface area contributed by atoms with Crippen molar-refractivity contribution in [3.8, 4) is 0 Å². The number of ether oxygens (including phenoxy) is 1. The fourth-order valence-corrected chi connectivity index (χ4v) is 3.38. The summed E-state index contributed by atoms with van der Waals surface area (Å²) in [5.41, 5.74) is 0.0178. The molecule has 3 rings (SSSR count). The van der Waals surface area contributed by atoms with Crippen LogP contribution in [-0.4, -0.2) is 33.5 Å². The average molecular weight is 412 g/mol. The van der Waals surface area contributed by atoms with Gasteiger partial charge >= 0.3 is 5.97 Å². The van der Waals surface area contributed by atoms with Crippen molar-refractivity contribution in [2.24, 2.45) is 7.05 Å². The molecule has 1 N–H and O–H groups in total. The summed E-state index contributed by atoms with van der Waals surface area (Å²) >= 11 is 1.36. The van der Waals surface area contributed by atoms with Crippen LogP contribution in [0.15, 0.2) is 64.9 Å². The van der Waals surface area contributed by atoms with Gasteiger partial charge in [-0.1, -0.05) is 12.1 Å². The Balaban J connectivity index is 1.91. The lowest BCUT2D eigenvalue weighted by molar-refractivity contribution is -0.384. The number of methoxy groups -OCH3 is 1. The number of hydrogen-bond acceptors (Lipinski definition) is 7. The van der Waals surface area contributed by atoms with E-state index in [2.05, 4.69) is 15.0 Å². The van der Waals surface area contributed by atoms with Gasteiger partial charge in [0.05, 0.1) is 23.3 Å². The Hall–Kier alpha value is -3.66. The van der Waals surface area contributed by atoms with Crippen LogP contribution >= 0.6 is 11.8 Å². The number of nitro groups is 1. The van der Waals surface area contributed by atoms with E-state index in [-0.39, 0.29) is 16.8 Å². The van der Waals surface area contributed by atoms with Crippen LogP contribution in [0.1, 0.15) is 20.7 Å². The zero-order valence-electron chi connectivity index (χ0n) is 15.5. The van der Waals surface area contributed by atoms with E-state index >= 15 is 0 Å². The number of aromatic nitrogens is 2. The number of para-hydroxylation sites is 1. The first-order chi connectivity index (χ1) is 13.9. The number of nitro benzene ring substituents is 1. The Kier molecular flexibility index (Phi) is 5.93. The average Bonchev–Trinajstić information content (AvgIpc) is 3.12. The zero-order chi connectivity index (χ0) is 21.0. The fraction of sp³-hybridized carbons (Fsp3) is 0.105. The normalized spacial score (nSPS) is 10.4. The van der Waals surface area contributed by atoms with Gasteiger partial charge < -0.3 is 14.6 Å². The SMILES string of the molecule is COC(=O)c1cc(C(=O)Nc2ccccc2Sc2nccn2C)cc([N+](=O)[O-])c1. The summed E-state index contributed by atoms with van der Waals surface area (Å²) in [7, 11) is 3.01. The zero-order valence-corrected chi connectivity index (χ0v) is 16.3. The molecule has 0 radical (unpaired) electrons. The van der Waals surface area contributed by atoms with Crippen molar-refractivity contribution in [2.45, 2.75) is 10.1 Å². The number of aryl methyl sites for hydroxylation is 1. The molecule has 0 aliphatic rings. The van der Waals surface area contributed by atoms with E-state index < -0.39 is 16.8 Å². The number of esters is 1.